The Kier molecular flexibility index (Phi) is 4.07. The molecule has 1 N–H and O–H groups in total. The molecule has 134 valence electrons. The smallest absolute Gasteiger partial charge is 0.273 e. The van der Waals surface area contributed by atoms with Crippen LogP contribution in [-0.4, -0.2) is 25.3 Å². The maximum atomic E-state index is 13.6. The van der Waals surface area contributed by atoms with Crippen LogP contribution in [0.25, 0.3) is 5.69 Å². The van der Waals surface area contributed by atoms with Crippen molar-refractivity contribution in [2.45, 2.75) is 32.7 Å². The Hall–Kier alpha value is -2.61. The van der Waals surface area contributed by atoms with Crippen LogP contribution in [0.3, 0.4) is 0 Å². The number of carbonyl (C=O) groups excluding carboxylic acids is 1. The third-order valence-electron chi connectivity index (χ3n) is 4.63. The van der Waals surface area contributed by atoms with E-state index >= 15 is 0 Å². The highest BCUT2D eigenvalue weighted by Gasteiger charge is 2.36. The number of hydrogen-bond donors (Lipinski definition) is 1. The molecule has 4 rings (SSSR count). The van der Waals surface area contributed by atoms with E-state index in [2.05, 4.69) is 33.8 Å². The van der Waals surface area contributed by atoms with E-state index in [0.717, 1.165) is 35.6 Å². The Bertz CT molecular complexity index is 950. The average molecular weight is 371 g/mol. The number of nitrogens with zero attached hydrogens (tertiary/aromatic N) is 4. The van der Waals surface area contributed by atoms with E-state index in [9.17, 15) is 9.18 Å². The van der Waals surface area contributed by atoms with E-state index in [1.165, 1.54) is 12.1 Å². The first-order chi connectivity index (χ1) is 12.4. The Morgan fingerprint density at radius 1 is 1.42 bits per heavy atom. The first kappa shape index (κ1) is 16.8. The molecule has 2 aromatic heterocycles. The summed E-state index contributed by atoms with van der Waals surface area (Å²) in [6.45, 7) is 4.31. The van der Waals surface area contributed by atoms with Crippen molar-refractivity contribution >= 4 is 17.4 Å². The molecule has 2 heterocycles. The summed E-state index contributed by atoms with van der Waals surface area (Å²) in [4.78, 5) is 12.4. The quantitative estimate of drug-likeness (QED) is 0.767. The van der Waals surface area contributed by atoms with Gasteiger partial charge in [0.1, 0.15) is 5.82 Å². The summed E-state index contributed by atoms with van der Waals surface area (Å²) >= 11 is 1.14. The molecule has 3 aromatic rings. The van der Waals surface area contributed by atoms with Crippen molar-refractivity contribution < 1.29 is 9.18 Å². The minimum atomic E-state index is -0.303. The zero-order valence-electron chi connectivity index (χ0n) is 14.4. The highest BCUT2D eigenvalue weighted by molar-refractivity contribution is 7.03. The molecule has 6 nitrogen and oxygen atoms in total. The predicted molar refractivity (Wildman–Crippen MR) is 95.7 cm³/mol. The van der Waals surface area contributed by atoms with Gasteiger partial charge in [0.25, 0.3) is 5.91 Å². The molecule has 1 amide bonds. The molecule has 0 bridgehead atoms. The molecule has 26 heavy (non-hydrogen) atoms. The standard InChI is InChI=1S/C18H18FN5OS/c1-18(2)7-14(21-17(25)15-10-26-23-22-15)13-9-20-24(16(13)8-18)12-5-3-4-11(19)6-12/h3-6,9-10,14H,7-8H2,1-2H3,(H,21,25). The molecule has 0 saturated heterocycles. The van der Waals surface area contributed by atoms with Crippen molar-refractivity contribution in [2.75, 3.05) is 0 Å². The second-order valence-electron chi connectivity index (χ2n) is 7.30. The van der Waals surface area contributed by atoms with Crippen molar-refractivity contribution in [3.63, 3.8) is 0 Å². The average Bonchev–Trinajstić information content (AvgIpc) is 3.23. The number of hydrogen-bond acceptors (Lipinski definition) is 5. The number of nitrogens with one attached hydrogen (secondary N) is 1. The summed E-state index contributed by atoms with van der Waals surface area (Å²) < 4.78 is 19.1. The van der Waals surface area contributed by atoms with Crippen LogP contribution in [-0.2, 0) is 6.42 Å². The lowest BCUT2D eigenvalue weighted by Crippen LogP contribution is -2.37. The van der Waals surface area contributed by atoms with Crippen LogP contribution in [0.5, 0.6) is 0 Å². The fourth-order valence-corrected chi connectivity index (χ4v) is 3.93. The molecule has 0 saturated carbocycles. The van der Waals surface area contributed by atoms with Gasteiger partial charge in [0, 0.05) is 10.9 Å². The Morgan fingerprint density at radius 2 is 2.27 bits per heavy atom. The van der Waals surface area contributed by atoms with Gasteiger partial charge >= 0.3 is 0 Å². The number of amides is 1. The highest BCUT2D eigenvalue weighted by Crippen LogP contribution is 2.41. The van der Waals surface area contributed by atoms with E-state index in [1.54, 1.807) is 22.3 Å². The van der Waals surface area contributed by atoms with Gasteiger partial charge in [-0.3, -0.25) is 4.79 Å². The van der Waals surface area contributed by atoms with Crippen LogP contribution >= 0.6 is 11.5 Å². The second kappa shape index (κ2) is 6.28. The van der Waals surface area contributed by atoms with Gasteiger partial charge in [-0.2, -0.15) is 5.10 Å². The monoisotopic (exact) mass is 371 g/mol. The molecule has 1 aromatic carbocycles. The summed E-state index contributed by atoms with van der Waals surface area (Å²) in [5, 5.41) is 13.0. The van der Waals surface area contributed by atoms with Crippen molar-refractivity contribution in [2.24, 2.45) is 5.41 Å². The van der Waals surface area contributed by atoms with Gasteiger partial charge in [-0.25, -0.2) is 9.07 Å². The summed E-state index contributed by atoms with van der Waals surface area (Å²) in [5.74, 6) is -0.548. The molecule has 0 radical (unpaired) electrons. The summed E-state index contributed by atoms with van der Waals surface area (Å²) in [6, 6.07) is 6.19. The zero-order chi connectivity index (χ0) is 18.3. The molecule has 1 aliphatic carbocycles. The lowest BCUT2D eigenvalue weighted by Gasteiger charge is -2.35. The van der Waals surface area contributed by atoms with Gasteiger partial charge in [-0.05, 0) is 48.0 Å². The van der Waals surface area contributed by atoms with Crippen molar-refractivity contribution in [3.05, 3.63) is 58.6 Å². The van der Waals surface area contributed by atoms with E-state index in [4.69, 9.17) is 0 Å². The second-order valence-corrected chi connectivity index (χ2v) is 7.91. The Morgan fingerprint density at radius 3 is 3.00 bits per heavy atom. The number of aromatic nitrogens is 4. The molecule has 0 fully saturated rings. The van der Waals surface area contributed by atoms with Gasteiger partial charge in [0.2, 0.25) is 0 Å². The van der Waals surface area contributed by atoms with Crippen LogP contribution in [0.4, 0.5) is 4.39 Å². The molecule has 1 unspecified atom stereocenters. The molecule has 1 aliphatic rings. The Balaban J connectivity index is 1.71. The van der Waals surface area contributed by atoms with E-state index < -0.39 is 0 Å². The fraction of sp³-hybridized carbons (Fsp3) is 0.333. The van der Waals surface area contributed by atoms with Gasteiger partial charge < -0.3 is 5.32 Å². The summed E-state index contributed by atoms with van der Waals surface area (Å²) in [5.41, 5.74) is 2.92. The van der Waals surface area contributed by atoms with Crippen molar-refractivity contribution in [3.8, 4) is 5.69 Å². The minimum absolute atomic E-state index is 0.0314. The molecule has 1 atom stereocenters. The lowest BCUT2D eigenvalue weighted by molar-refractivity contribution is 0.0914. The molecule has 0 spiro atoms. The van der Waals surface area contributed by atoms with Gasteiger partial charge in [0.05, 0.1) is 23.6 Å². The first-order valence-corrected chi connectivity index (χ1v) is 9.17. The van der Waals surface area contributed by atoms with Crippen LogP contribution in [0.15, 0.2) is 35.8 Å². The summed E-state index contributed by atoms with van der Waals surface area (Å²) in [7, 11) is 0. The number of halogens is 1. The van der Waals surface area contributed by atoms with Crippen LogP contribution in [0, 0.1) is 11.2 Å². The van der Waals surface area contributed by atoms with Crippen LogP contribution in [0.2, 0.25) is 0 Å². The van der Waals surface area contributed by atoms with Crippen molar-refractivity contribution in [1.29, 1.82) is 0 Å². The van der Waals surface area contributed by atoms with Gasteiger partial charge in [-0.1, -0.05) is 24.4 Å². The van der Waals surface area contributed by atoms with E-state index in [0.29, 0.717) is 11.4 Å². The molecular weight excluding hydrogens is 353 g/mol. The molecular formula is C18H18FN5OS. The topological polar surface area (TPSA) is 72.7 Å². The van der Waals surface area contributed by atoms with Crippen molar-refractivity contribution in [1.82, 2.24) is 24.7 Å². The summed E-state index contributed by atoms with van der Waals surface area (Å²) in [6.07, 6.45) is 3.35. The third-order valence-corrected chi connectivity index (χ3v) is 5.13. The van der Waals surface area contributed by atoms with Crippen LogP contribution in [0.1, 0.15) is 48.1 Å². The van der Waals surface area contributed by atoms with Gasteiger partial charge in [0.15, 0.2) is 5.69 Å². The molecule has 0 aliphatic heterocycles. The first-order valence-electron chi connectivity index (χ1n) is 8.34. The predicted octanol–water partition coefficient (Wildman–Crippen LogP) is 3.31. The minimum Gasteiger partial charge on any atom is -0.344 e. The van der Waals surface area contributed by atoms with Gasteiger partial charge in [-0.15, -0.1) is 5.10 Å². The lowest BCUT2D eigenvalue weighted by atomic mass is 9.74. The Labute approximate surface area is 154 Å². The number of rotatable bonds is 3. The third kappa shape index (κ3) is 3.12. The normalized spacial score (nSPS) is 18.3. The highest BCUT2D eigenvalue weighted by atomic mass is 32.1. The molecule has 8 heteroatoms. The number of fused-ring (bicyclic) bond motifs is 1. The van der Waals surface area contributed by atoms with E-state index in [1.807, 2.05) is 6.07 Å². The SMILES string of the molecule is CC1(C)Cc2c(cnn2-c2cccc(F)c2)C(NC(=O)c2csnn2)C1. The number of benzene rings is 1. The largest absolute Gasteiger partial charge is 0.344 e. The van der Waals surface area contributed by atoms with E-state index in [-0.39, 0.29) is 23.2 Å². The fourth-order valence-electron chi connectivity index (χ4n) is 3.50. The number of carbonyl (C=O) groups is 1. The maximum Gasteiger partial charge on any atom is 0.273 e. The zero-order valence-corrected chi connectivity index (χ0v) is 15.3. The van der Waals surface area contributed by atoms with Crippen LogP contribution < -0.4 is 5.32 Å². The maximum absolute atomic E-state index is 13.6.